The van der Waals surface area contributed by atoms with Gasteiger partial charge in [-0.15, -0.1) is 0 Å². The normalized spacial score (nSPS) is 12.1. The molecule has 0 fully saturated rings. The molecule has 2 rings (SSSR count). The lowest BCUT2D eigenvalue weighted by Crippen LogP contribution is -2.12. The number of hydrogen-bond donors (Lipinski definition) is 1. The van der Waals surface area contributed by atoms with Gasteiger partial charge in [0.15, 0.2) is 0 Å². The molecule has 1 heterocycles. The third-order valence-electron chi connectivity index (χ3n) is 2.67. The van der Waals surface area contributed by atoms with Crippen molar-refractivity contribution < 1.29 is 12.6 Å². The first-order valence-electron chi connectivity index (χ1n) is 6.52. The molecule has 0 aliphatic rings. The highest BCUT2D eigenvalue weighted by Gasteiger charge is 2.16. The predicted molar refractivity (Wildman–Crippen MR) is 87.2 cm³/mol. The fraction of sp³-hybridized carbons (Fsp3) is 0.308. The molecular formula is C13H18N4O3S2. The van der Waals surface area contributed by atoms with E-state index in [9.17, 15) is 12.6 Å². The number of sulfonamides is 1. The van der Waals surface area contributed by atoms with Gasteiger partial charge in [0.2, 0.25) is 0 Å². The van der Waals surface area contributed by atoms with Crippen LogP contribution in [0.1, 0.15) is 6.92 Å². The Balaban J connectivity index is 2.30. The Morgan fingerprint density at radius 2 is 2.00 bits per heavy atom. The minimum atomic E-state index is -3.71. The molecule has 2 aromatic rings. The number of nitrogens with zero attached hydrogens (tertiary/aromatic N) is 3. The molecule has 0 aliphatic heterocycles. The van der Waals surface area contributed by atoms with Crippen LogP contribution in [0.2, 0.25) is 0 Å². The molecule has 0 atom stereocenters. The van der Waals surface area contributed by atoms with Crippen LogP contribution in [0.3, 0.4) is 0 Å². The zero-order chi connectivity index (χ0) is 16.4. The lowest BCUT2D eigenvalue weighted by molar-refractivity contribution is 0.600. The molecule has 0 amide bonds. The van der Waals surface area contributed by atoms with Crippen molar-refractivity contribution in [2.75, 3.05) is 17.2 Å². The van der Waals surface area contributed by atoms with Gasteiger partial charge in [0.25, 0.3) is 10.0 Å². The van der Waals surface area contributed by atoms with E-state index in [0.717, 1.165) is 0 Å². The zero-order valence-electron chi connectivity index (χ0n) is 12.6. The van der Waals surface area contributed by atoms with Crippen molar-refractivity contribution in [3.63, 3.8) is 0 Å². The molecule has 1 aromatic heterocycles. The average Bonchev–Trinajstić information content (AvgIpc) is 2.86. The van der Waals surface area contributed by atoms with E-state index in [1.54, 1.807) is 18.2 Å². The summed E-state index contributed by atoms with van der Waals surface area (Å²) in [4.78, 5) is 0.0893. The summed E-state index contributed by atoms with van der Waals surface area (Å²) in [6.07, 6.45) is 5.79. The fourth-order valence-electron chi connectivity index (χ4n) is 1.75. The zero-order valence-corrected chi connectivity index (χ0v) is 14.2. The molecule has 0 bridgehead atoms. The third kappa shape index (κ3) is 4.31. The van der Waals surface area contributed by atoms with Crippen LogP contribution in [0.25, 0.3) is 0 Å². The molecule has 0 radical (unpaired) electrons. The van der Waals surface area contributed by atoms with E-state index in [0.29, 0.717) is 17.9 Å². The highest BCUT2D eigenvalue weighted by Crippen LogP contribution is 2.22. The van der Waals surface area contributed by atoms with Gasteiger partial charge < -0.3 is 0 Å². The highest BCUT2D eigenvalue weighted by atomic mass is 32.2. The van der Waals surface area contributed by atoms with Crippen molar-refractivity contribution in [3.05, 3.63) is 36.7 Å². The highest BCUT2D eigenvalue weighted by molar-refractivity contribution is 7.92. The molecular weight excluding hydrogens is 324 g/mol. The number of aromatic nitrogens is 2. The van der Waals surface area contributed by atoms with Crippen LogP contribution in [0.5, 0.6) is 0 Å². The summed E-state index contributed by atoms with van der Waals surface area (Å²) in [5.74, 6) is 0. The summed E-state index contributed by atoms with van der Waals surface area (Å²) in [7, 11) is -6.01. The van der Waals surface area contributed by atoms with E-state index in [1.807, 2.05) is 6.92 Å². The maximum Gasteiger partial charge on any atom is 0.265 e. The second-order valence-corrected chi connectivity index (χ2v) is 9.19. The van der Waals surface area contributed by atoms with Crippen LogP contribution >= 0.6 is 0 Å². The third-order valence-corrected chi connectivity index (χ3v) is 4.65. The number of aryl methyl sites for hydroxylation is 1. The van der Waals surface area contributed by atoms with E-state index >= 15 is 0 Å². The minimum absolute atomic E-state index is 0.0893. The molecule has 1 N–H and O–H groups in total. The molecule has 0 unspecified atom stereocenters. The number of nitrogens with one attached hydrogen (secondary N) is 1. The number of anilines is 1. The summed E-state index contributed by atoms with van der Waals surface area (Å²) in [6.45, 7) is 2.46. The summed E-state index contributed by atoms with van der Waals surface area (Å²) in [6, 6.07) is 6.46. The molecule has 1 aromatic carbocycles. The van der Waals surface area contributed by atoms with Gasteiger partial charge in [0, 0.05) is 35.0 Å². The summed E-state index contributed by atoms with van der Waals surface area (Å²) in [5.41, 5.74) is 0.814. The first-order chi connectivity index (χ1) is 10.2. The Bertz CT molecular complexity index is 886. The van der Waals surface area contributed by atoms with Gasteiger partial charge in [-0.25, -0.2) is 12.6 Å². The van der Waals surface area contributed by atoms with E-state index in [4.69, 9.17) is 0 Å². The lowest BCUT2D eigenvalue weighted by Gasteiger charge is -2.07. The van der Waals surface area contributed by atoms with Gasteiger partial charge in [0.05, 0.1) is 17.6 Å². The number of rotatable bonds is 5. The first-order valence-corrected chi connectivity index (χ1v) is 10.3. The Morgan fingerprint density at radius 1 is 1.27 bits per heavy atom. The van der Waals surface area contributed by atoms with Crippen molar-refractivity contribution in [3.8, 4) is 0 Å². The smallest absolute Gasteiger partial charge is 0.265 e. The van der Waals surface area contributed by atoms with Crippen LogP contribution in [-0.2, 0) is 26.3 Å². The number of benzene rings is 1. The van der Waals surface area contributed by atoms with E-state index < -0.39 is 19.8 Å². The SMILES string of the molecule is CCn1cc(S(=O)(=O)Nc2cccc(N=S(C)(C)=O)c2)cn1. The summed E-state index contributed by atoms with van der Waals surface area (Å²) < 4.78 is 44.3. The molecule has 7 nitrogen and oxygen atoms in total. The predicted octanol–water partition coefficient (Wildman–Crippen LogP) is 2.06. The lowest BCUT2D eigenvalue weighted by atomic mass is 10.3. The van der Waals surface area contributed by atoms with Gasteiger partial charge in [-0.05, 0) is 25.1 Å². The molecule has 0 saturated heterocycles. The van der Waals surface area contributed by atoms with Gasteiger partial charge >= 0.3 is 0 Å². The molecule has 22 heavy (non-hydrogen) atoms. The molecule has 9 heteroatoms. The monoisotopic (exact) mass is 342 g/mol. The average molecular weight is 342 g/mol. The van der Waals surface area contributed by atoms with Crippen molar-refractivity contribution in [1.29, 1.82) is 0 Å². The summed E-state index contributed by atoms with van der Waals surface area (Å²) in [5, 5.41) is 3.95. The minimum Gasteiger partial charge on any atom is -0.279 e. The van der Waals surface area contributed by atoms with Crippen LogP contribution < -0.4 is 4.72 Å². The molecule has 0 saturated carbocycles. The van der Waals surface area contributed by atoms with Crippen molar-refractivity contribution in [2.24, 2.45) is 4.36 Å². The second kappa shape index (κ2) is 6.09. The van der Waals surface area contributed by atoms with Crippen LogP contribution in [0.4, 0.5) is 11.4 Å². The largest absolute Gasteiger partial charge is 0.279 e. The number of hydrogen-bond acceptors (Lipinski definition) is 5. The van der Waals surface area contributed by atoms with E-state index in [-0.39, 0.29) is 4.90 Å². The van der Waals surface area contributed by atoms with Gasteiger partial charge in [-0.3, -0.25) is 9.40 Å². The van der Waals surface area contributed by atoms with Gasteiger partial charge in [-0.2, -0.15) is 9.46 Å². The standard InChI is InChI=1S/C13H18N4O3S2/c1-4-17-10-13(9-14-17)22(19,20)16-12-7-5-6-11(8-12)15-21(2,3)18/h5-10,16H,4H2,1-3H3. The Hall–Kier alpha value is -1.87. The van der Waals surface area contributed by atoms with E-state index in [1.165, 1.54) is 35.7 Å². The molecule has 0 spiro atoms. The van der Waals surface area contributed by atoms with Crippen molar-refractivity contribution in [2.45, 2.75) is 18.4 Å². The van der Waals surface area contributed by atoms with Crippen LogP contribution in [0, 0.1) is 0 Å². The van der Waals surface area contributed by atoms with Crippen molar-refractivity contribution >= 4 is 31.1 Å². The van der Waals surface area contributed by atoms with Gasteiger partial charge in [0.1, 0.15) is 4.90 Å². The maximum absolute atomic E-state index is 12.3. The Kier molecular flexibility index (Phi) is 4.57. The fourth-order valence-corrected chi connectivity index (χ4v) is 3.37. The maximum atomic E-state index is 12.3. The van der Waals surface area contributed by atoms with E-state index in [2.05, 4.69) is 14.2 Å². The van der Waals surface area contributed by atoms with Crippen LogP contribution in [-0.4, -0.2) is 34.9 Å². The molecule has 0 aliphatic carbocycles. The quantitative estimate of drug-likeness (QED) is 0.900. The second-order valence-electron chi connectivity index (χ2n) is 4.96. The first kappa shape index (κ1) is 16.5. The van der Waals surface area contributed by atoms with Crippen LogP contribution in [0.15, 0.2) is 45.9 Å². The van der Waals surface area contributed by atoms with Crippen molar-refractivity contribution in [1.82, 2.24) is 9.78 Å². The summed E-state index contributed by atoms with van der Waals surface area (Å²) >= 11 is 0. The van der Waals surface area contributed by atoms with Gasteiger partial charge in [-0.1, -0.05) is 6.07 Å². The Labute approximate surface area is 130 Å². The topological polar surface area (TPSA) is 93.4 Å². The Morgan fingerprint density at radius 3 is 2.59 bits per heavy atom. The molecule has 120 valence electrons.